The van der Waals surface area contributed by atoms with Gasteiger partial charge in [0.15, 0.2) is 5.82 Å². The summed E-state index contributed by atoms with van der Waals surface area (Å²) in [4.78, 5) is 1.54. The van der Waals surface area contributed by atoms with E-state index in [1.807, 2.05) is 7.05 Å². The van der Waals surface area contributed by atoms with Gasteiger partial charge in [-0.2, -0.15) is 4.80 Å². The molecule has 0 saturated heterocycles. The summed E-state index contributed by atoms with van der Waals surface area (Å²) >= 11 is 0. The van der Waals surface area contributed by atoms with Gasteiger partial charge >= 0.3 is 0 Å². The average Bonchev–Trinajstić information content (AvgIpc) is 3.19. The van der Waals surface area contributed by atoms with E-state index in [4.69, 9.17) is 0 Å². The van der Waals surface area contributed by atoms with E-state index >= 15 is 0 Å². The van der Waals surface area contributed by atoms with E-state index in [0.29, 0.717) is 5.92 Å². The van der Waals surface area contributed by atoms with Gasteiger partial charge in [0.25, 0.3) is 0 Å². The van der Waals surface area contributed by atoms with Crippen LogP contribution in [-0.2, 0) is 19.9 Å². The van der Waals surface area contributed by atoms with Crippen molar-refractivity contribution in [3.63, 3.8) is 0 Å². The molecule has 21 heavy (non-hydrogen) atoms. The highest BCUT2D eigenvalue weighted by atomic mass is 15.6. The van der Waals surface area contributed by atoms with Crippen molar-refractivity contribution in [3.05, 3.63) is 41.2 Å². The average molecular weight is 285 g/mol. The van der Waals surface area contributed by atoms with Crippen LogP contribution in [0, 0.1) is 12.8 Å². The van der Waals surface area contributed by atoms with Gasteiger partial charge in [0.05, 0.1) is 7.05 Å². The highest BCUT2D eigenvalue weighted by Crippen LogP contribution is 2.20. The van der Waals surface area contributed by atoms with E-state index in [-0.39, 0.29) is 0 Å². The van der Waals surface area contributed by atoms with E-state index in [1.54, 1.807) is 0 Å². The SMILES string of the molecule is Cc1cccc(CC(CNC2CC2)Cc2nnn(C)n2)c1. The molecule has 5 heteroatoms. The Morgan fingerprint density at radius 3 is 2.86 bits per heavy atom. The number of rotatable bonds is 7. The van der Waals surface area contributed by atoms with Gasteiger partial charge in [-0.1, -0.05) is 29.8 Å². The Morgan fingerprint density at radius 2 is 2.19 bits per heavy atom. The number of tetrazole rings is 1. The van der Waals surface area contributed by atoms with E-state index < -0.39 is 0 Å². The van der Waals surface area contributed by atoms with Gasteiger partial charge in [0, 0.05) is 12.5 Å². The number of hydrogen-bond acceptors (Lipinski definition) is 4. The lowest BCUT2D eigenvalue weighted by molar-refractivity contribution is 0.459. The van der Waals surface area contributed by atoms with Gasteiger partial charge in [-0.3, -0.25) is 0 Å². The van der Waals surface area contributed by atoms with Crippen LogP contribution in [0.25, 0.3) is 0 Å². The fraction of sp³-hybridized carbons (Fsp3) is 0.562. The van der Waals surface area contributed by atoms with Crippen LogP contribution in [0.15, 0.2) is 24.3 Å². The van der Waals surface area contributed by atoms with Crippen LogP contribution in [0.2, 0.25) is 0 Å². The van der Waals surface area contributed by atoms with Crippen molar-refractivity contribution in [2.24, 2.45) is 13.0 Å². The fourth-order valence-electron chi connectivity index (χ4n) is 2.67. The third-order valence-corrected chi connectivity index (χ3v) is 3.90. The molecule has 1 saturated carbocycles. The minimum Gasteiger partial charge on any atom is -0.314 e. The first-order valence-electron chi connectivity index (χ1n) is 7.71. The molecule has 1 aliphatic carbocycles. The van der Waals surface area contributed by atoms with Gasteiger partial charge in [-0.05, 0) is 49.4 Å². The minimum atomic E-state index is 0.511. The van der Waals surface area contributed by atoms with Crippen molar-refractivity contribution in [1.29, 1.82) is 0 Å². The zero-order valence-electron chi connectivity index (χ0n) is 12.8. The van der Waals surface area contributed by atoms with E-state index in [1.165, 1.54) is 28.8 Å². The van der Waals surface area contributed by atoms with E-state index in [0.717, 1.165) is 31.3 Å². The van der Waals surface area contributed by atoms with Gasteiger partial charge < -0.3 is 5.32 Å². The normalized spacial score (nSPS) is 16.1. The molecule has 112 valence electrons. The number of aromatic nitrogens is 4. The second-order valence-electron chi connectivity index (χ2n) is 6.14. The molecule has 0 aliphatic heterocycles. The monoisotopic (exact) mass is 285 g/mol. The lowest BCUT2D eigenvalue weighted by Crippen LogP contribution is -2.27. The van der Waals surface area contributed by atoms with E-state index in [9.17, 15) is 0 Å². The molecule has 1 unspecified atom stereocenters. The predicted molar refractivity (Wildman–Crippen MR) is 81.9 cm³/mol. The molecule has 5 nitrogen and oxygen atoms in total. The Balaban J connectivity index is 1.65. The lowest BCUT2D eigenvalue weighted by atomic mass is 9.95. The summed E-state index contributed by atoms with van der Waals surface area (Å²) in [5, 5.41) is 16.0. The largest absolute Gasteiger partial charge is 0.314 e. The van der Waals surface area contributed by atoms with Gasteiger partial charge in [-0.25, -0.2) is 0 Å². The van der Waals surface area contributed by atoms with Crippen LogP contribution >= 0.6 is 0 Å². The van der Waals surface area contributed by atoms with Crippen LogP contribution in [0.4, 0.5) is 0 Å². The first-order valence-corrected chi connectivity index (χ1v) is 7.71. The van der Waals surface area contributed by atoms with Crippen molar-refractivity contribution in [2.45, 2.75) is 38.6 Å². The molecule has 0 bridgehead atoms. The number of nitrogens with one attached hydrogen (secondary N) is 1. The Bertz CT molecular complexity index is 588. The quantitative estimate of drug-likeness (QED) is 0.841. The summed E-state index contributed by atoms with van der Waals surface area (Å²) in [6.07, 6.45) is 4.57. The number of aryl methyl sites for hydroxylation is 2. The molecule has 0 amide bonds. The third kappa shape index (κ3) is 4.36. The van der Waals surface area contributed by atoms with Gasteiger partial charge in [0.2, 0.25) is 0 Å². The smallest absolute Gasteiger partial charge is 0.175 e. The maximum absolute atomic E-state index is 4.32. The summed E-state index contributed by atoms with van der Waals surface area (Å²) in [5.74, 6) is 1.35. The summed E-state index contributed by atoms with van der Waals surface area (Å²) < 4.78 is 0. The van der Waals surface area contributed by atoms with Gasteiger partial charge in [0.1, 0.15) is 0 Å². The van der Waals surface area contributed by atoms with Crippen LogP contribution in [0.1, 0.15) is 29.8 Å². The maximum Gasteiger partial charge on any atom is 0.175 e. The minimum absolute atomic E-state index is 0.511. The Kier molecular flexibility index (Phi) is 4.29. The van der Waals surface area contributed by atoms with Crippen LogP contribution in [0.3, 0.4) is 0 Å². The molecule has 0 spiro atoms. The predicted octanol–water partition coefficient (Wildman–Crippen LogP) is 1.67. The van der Waals surface area contributed by atoms with Crippen LogP contribution < -0.4 is 5.32 Å². The highest BCUT2D eigenvalue weighted by Gasteiger charge is 2.22. The zero-order chi connectivity index (χ0) is 14.7. The summed E-state index contributed by atoms with van der Waals surface area (Å²) in [6.45, 7) is 3.17. The van der Waals surface area contributed by atoms with Crippen molar-refractivity contribution in [2.75, 3.05) is 6.54 Å². The Morgan fingerprint density at radius 1 is 1.33 bits per heavy atom. The first kappa shape index (κ1) is 14.2. The molecule has 0 radical (unpaired) electrons. The second-order valence-corrected chi connectivity index (χ2v) is 6.14. The van der Waals surface area contributed by atoms with Gasteiger partial charge in [-0.15, -0.1) is 10.2 Å². The molecular weight excluding hydrogens is 262 g/mol. The molecule has 1 fully saturated rings. The highest BCUT2D eigenvalue weighted by molar-refractivity contribution is 5.22. The number of benzene rings is 1. The molecule has 1 aromatic heterocycles. The molecular formula is C16H23N5. The van der Waals surface area contributed by atoms with Crippen LogP contribution in [-0.4, -0.2) is 32.8 Å². The molecule has 2 aromatic rings. The number of nitrogens with zero attached hydrogens (tertiary/aromatic N) is 4. The Hall–Kier alpha value is -1.75. The maximum atomic E-state index is 4.32. The molecule has 3 rings (SSSR count). The topological polar surface area (TPSA) is 55.6 Å². The van der Waals surface area contributed by atoms with Crippen molar-refractivity contribution in [3.8, 4) is 0 Å². The van der Waals surface area contributed by atoms with Crippen molar-refractivity contribution in [1.82, 2.24) is 25.5 Å². The molecule has 1 aromatic carbocycles. The fourth-order valence-corrected chi connectivity index (χ4v) is 2.67. The van der Waals surface area contributed by atoms with Crippen LogP contribution in [0.5, 0.6) is 0 Å². The Labute approximate surface area is 125 Å². The molecule has 1 atom stereocenters. The summed E-state index contributed by atoms with van der Waals surface area (Å²) in [7, 11) is 1.81. The molecule has 1 heterocycles. The first-order chi connectivity index (χ1) is 10.2. The number of hydrogen-bond donors (Lipinski definition) is 1. The molecule has 1 aliphatic rings. The standard InChI is InChI=1S/C16H23N5/c1-12-4-3-5-13(8-12)9-14(11-17-15-6-7-15)10-16-18-20-21(2)19-16/h3-5,8,14-15,17H,6-7,9-11H2,1-2H3. The summed E-state index contributed by atoms with van der Waals surface area (Å²) in [6, 6.07) is 9.50. The summed E-state index contributed by atoms with van der Waals surface area (Å²) in [5.41, 5.74) is 2.71. The van der Waals surface area contributed by atoms with E-state index in [2.05, 4.69) is 51.9 Å². The third-order valence-electron chi connectivity index (χ3n) is 3.90. The zero-order valence-corrected chi connectivity index (χ0v) is 12.8. The van der Waals surface area contributed by atoms with Crippen molar-refractivity contribution >= 4 is 0 Å². The lowest BCUT2D eigenvalue weighted by Gasteiger charge is -2.16. The second kappa shape index (κ2) is 6.35. The molecule has 1 N–H and O–H groups in total. The van der Waals surface area contributed by atoms with Crippen molar-refractivity contribution < 1.29 is 0 Å².